The molecule has 2 nitrogen and oxygen atoms in total. The summed E-state index contributed by atoms with van der Waals surface area (Å²) in [4.78, 5) is 0. The maximum absolute atomic E-state index is 2.59. The van der Waals surface area contributed by atoms with E-state index in [1.54, 1.807) is 0 Å². The first-order valence-electron chi connectivity index (χ1n) is 19.3. The molecule has 1 atom stereocenters. The number of rotatable bonds is 2. The lowest BCUT2D eigenvalue weighted by atomic mass is 9.90. The third-order valence-corrected chi connectivity index (χ3v) is 13.0. The van der Waals surface area contributed by atoms with Crippen LogP contribution in [0.2, 0.25) is 0 Å². The van der Waals surface area contributed by atoms with Crippen molar-refractivity contribution in [2.45, 2.75) is 5.92 Å². The van der Waals surface area contributed by atoms with Crippen molar-refractivity contribution < 1.29 is 0 Å². The van der Waals surface area contributed by atoms with E-state index in [-0.39, 0.29) is 5.92 Å². The summed E-state index contributed by atoms with van der Waals surface area (Å²) in [5, 5.41) is 10.5. The quantitative estimate of drug-likeness (QED) is 0.170. The fraction of sp³-hybridized carbons (Fsp3) is 0.0189. The van der Waals surface area contributed by atoms with Crippen LogP contribution in [0.1, 0.15) is 22.6 Å². The van der Waals surface area contributed by atoms with Crippen LogP contribution in [0.25, 0.3) is 110 Å². The molecule has 0 saturated carbocycles. The SMILES string of the molecule is c1ccc(-n2c3ccccc3c3cc(-c4cccc5c6cccc7c8c9c(ccc8n(c45)c67)C4c5cc6ccccc6cc5-c5cccc-9c54)ccc32)cc1. The highest BCUT2D eigenvalue weighted by molar-refractivity contribution is 6.28. The third kappa shape index (κ3) is 3.38. The van der Waals surface area contributed by atoms with Crippen molar-refractivity contribution in [3.8, 4) is 39.1 Å². The molecule has 3 heterocycles. The molecule has 55 heavy (non-hydrogen) atoms. The van der Waals surface area contributed by atoms with Gasteiger partial charge in [0.2, 0.25) is 0 Å². The monoisotopic (exact) mass is 694 g/mol. The molecule has 0 saturated heterocycles. The minimum atomic E-state index is 0.252. The molecule has 0 radical (unpaired) electrons. The molecule has 0 bridgehead atoms. The summed E-state index contributed by atoms with van der Waals surface area (Å²) in [5.74, 6) is 0.252. The molecule has 9 aromatic carbocycles. The van der Waals surface area contributed by atoms with Gasteiger partial charge in [-0.25, -0.2) is 0 Å². The van der Waals surface area contributed by atoms with E-state index >= 15 is 0 Å². The van der Waals surface area contributed by atoms with Gasteiger partial charge in [0, 0.05) is 49.5 Å². The highest BCUT2D eigenvalue weighted by Gasteiger charge is 2.40. The second-order valence-corrected chi connectivity index (χ2v) is 15.6. The Balaban J connectivity index is 1.05. The molecule has 0 spiro atoms. The minimum Gasteiger partial charge on any atom is -0.309 e. The molecule has 0 aliphatic heterocycles. The molecule has 252 valence electrons. The zero-order chi connectivity index (χ0) is 35.5. The van der Waals surface area contributed by atoms with Crippen molar-refractivity contribution >= 4 is 70.7 Å². The summed E-state index contributed by atoms with van der Waals surface area (Å²) in [6.07, 6.45) is 0. The van der Waals surface area contributed by atoms with Crippen LogP contribution in [0.5, 0.6) is 0 Å². The van der Waals surface area contributed by atoms with Gasteiger partial charge in [-0.2, -0.15) is 0 Å². The second-order valence-electron chi connectivity index (χ2n) is 15.6. The molecule has 3 aromatic heterocycles. The molecule has 12 aromatic rings. The van der Waals surface area contributed by atoms with Crippen LogP contribution >= 0.6 is 0 Å². The highest BCUT2D eigenvalue weighted by atomic mass is 15.0. The van der Waals surface area contributed by atoms with Gasteiger partial charge in [0.15, 0.2) is 0 Å². The second kappa shape index (κ2) is 9.87. The zero-order valence-corrected chi connectivity index (χ0v) is 29.7. The fourth-order valence-electron chi connectivity index (χ4n) is 10.9. The topological polar surface area (TPSA) is 9.34 Å². The van der Waals surface area contributed by atoms with Crippen molar-refractivity contribution in [3.05, 3.63) is 193 Å². The summed E-state index contributed by atoms with van der Waals surface area (Å²) in [6, 6.07) is 66.0. The Morgan fingerprint density at radius 2 is 1.05 bits per heavy atom. The Morgan fingerprint density at radius 1 is 0.382 bits per heavy atom. The van der Waals surface area contributed by atoms with Gasteiger partial charge in [-0.1, -0.05) is 127 Å². The molecule has 0 fully saturated rings. The van der Waals surface area contributed by atoms with Crippen molar-refractivity contribution in [1.29, 1.82) is 0 Å². The lowest BCUT2D eigenvalue weighted by molar-refractivity contribution is 1.06. The predicted molar refractivity (Wildman–Crippen MR) is 230 cm³/mol. The van der Waals surface area contributed by atoms with E-state index in [1.165, 1.54) is 126 Å². The van der Waals surface area contributed by atoms with Gasteiger partial charge in [0.1, 0.15) is 0 Å². The first kappa shape index (κ1) is 28.4. The number of aromatic nitrogens is 2. The number of nitrogens with zero attached hydrogens (tertiary/aromatic N) is 2. The van der Waals surface area contributed by atoms with E-state index in [2.05, 4.69) is 185 Å². The summed E-state index contributed by atoms with van der Waals surface area (Å²) in [5.41, 5.74) is 19.9. The molecule has 0 amide bonds. The Labute approximate surface area is 316 Å². The summed E-state index contributed by atoms with van der Waals surface area (Å²) >= 11 is 0. The number of fused-ring (bicyclic) bond motifs is 17. The Bertz CT molecular complexity index is 3650. The number of para-hydroxylation sites is 4. The molecule has 14 rings (SSSR count). The molecule has 2 aliphatic carbocycles. The van der Waals surface area contributed by atoms with E-state index in [0.717, 1.165) is 0 Å². The summed E-state index contributed by atoms with van der Waals surface area (Å²) < 4.78 is 4.99. The summed E-state index contributed by atoms with van der Waals surface area (Å²) in [7, 11) is 0. The van der Waals surface area contributed by atoms with Crippen molar-refractivity contribution in [2.75, 3.05) is 0 Å². The largest absolute Gasteiger partial charge is 0.309 e. The van der Waals surface area contributed by atoms with Crippen LogP contribution < -0.4 is 0 Å². The van der Waals surface area contributed by atoms with Gasteiger partial charge in [-0.05, 0) is 104 Å². The normalized spacial score (nSPS) is 14.4. The van der Waals surface area contributed by atoms with Crippen molar-refractivity contribution in [1.82, 2.24) is 8.97 Å². The Kier molecular flexibility index (Phi) is 5.09. The Hall–Kier alpha value is -7.16. The van der Waals surface area contributed by atoms with E-state index < -0.39 is 0 Å². The minimum absolute atomic E-state index is 0.252. The van der Waals surface area contributed by atoms with Gasteiger partial charge >= 0.3 is 0 Å². The number of benzene rings is 9. The highest BCUT2D eigenvalue weighted by Crippen LogP contribution is 2.61. The van der Waals surface area contributed by atoms with E-state index in [9.17, 15) is 0 Å². The molecular weight excluding hydrogens is 665 g/mol. The first-order chi connectivity index (χ1) is 27.3. The average Bonchev–Trinajstić information content (AvgIpc) is 4.03. The van der Waals surface area contributed by atoms with E-state index in [0.29, 0.717) is 0 Å². The Morgan fingerprint density at radius 3 is 1.96 bits per heavy atom. The number of hydrogen-bond acceptors (Lipinski definition) is 0. The molecule has 1 unspecified atom stereocenters. The first-order valence-corrected chi connectivity index (χ1v) is 19.3. The van der Waals surface area contributed by atoms with Crippen LogP contribution in [-0.2, 0) is 0 Å². The van der Waals surface area contributed by atoms with Crippen LogP contribution in [0, 0.1) is 0 Å². The lowest BCUT2D eigenvalue weighted by Gasteiger charge is -2.13. The van der Waals surface area contributed by atoms with Crippen LogP contribution in [0.4, 0.5) is 0 Å². The third-order valence-electron chi connectivity index (χ3n) is 13.0. The maximum atomic E-state index is 2.59. The van der Waals surface area contributed by atoms with Gasteiger partial charge < -0.3 is 8.97 Å². The van der Waals surface area contributed by atoms with E-state index in [1.807, 2.05) is 0 Å². The van der Waals surface area contributed by atoms with Crippen LogP contribution in [0.15, 0.2) is 176 Å². The van der Waals surface area contributed by atoms with Crippen LogP contribution in [0.3, 0.4) is 0 Å². The smallest absolute Gasteiger partial charge is 0.0620 e. The fourth-order valence-corrected chi connectivity index (χ4v) is 10.9. The molecule has 2 heteroatoms. The number of hydrogen-bond donors (Lipinski definition) is 0. The van der Waals surface area contributed by atoms with Crippen molar-refractivity contribution in [2.24, 2.45) is 0 Å². The predicted octanol–water partition coefficient (Wildman–Crippen LogP) is 13.9. The molecule has 2 aliphatic rings. The van der Waals surface area contributed by atoms with Crippen LogP contribution in [-0.4, -0.2) is 8.97 Å². The van der Waals surface area contributed by atoms with Gasteiger partial charge in [0.05, 0.1) is 27.6 Å². The van der Waals surface area contributed by atoms with Gasteiger partial charge in [0.25, 0.3) is 0 Å². The molecule has 0 N–H and O–H groups in total. The van der Waals surface area contributed by atoms with Gasteiger partial charge in [-0.15, -0.1) is 0 Å². The average molecular weight is 695 g/mol. The standard InChI is InChI=1S/C53H30N2/c1-2-13-33(14-3-1)54-45-22-7-6-15-35(45)43-29-32(23-25-46(43)54)34-16-8-18-37-38-19-10-21-41-51-47(55(52(34)37)53(38)41)26-24-40-49(51)39-20-9-17-36-42-27-30-11-4-5-12-31(30)28-44(42)50(40)48(36)39/h1-29,50H. The summed E-state index contributed by atoms with van der Waals surface area (Å²) in [6.45, 7) is 0. The maximum Gasteiger partial charge on any atom is 0.0620 e. The van der Waals surface area contributed by atoms with Crippen molar-refractivity contribution in [3.63, 3.8) is 0 Å². The zero-order valence-electron chi connectivity index (χ0n) is 29.7. The molecular formula is C53H30N2. The van der Waals surface area contributed by atoms with Gasteiger partial charge in [-0.3, -0.25) is 0 Å². The lowest BCUT2D eigenvalue weighted by Crippen LogP contribution is -1.95. The van der Waals surface area contributed by atoms with E-state index in [4.69, 9.17) is 0 Å².